The summed E-state index contributed by atoms with van der Waals surface area (Å²) in [4.78, 5) is 73.1. The third kappa shape index (κ3) is 78.0. The highest BCUT2D eigenvalue weighted by Gasteiger charge is 2.30. The highest BCUT2D eigenvalue weighted by Crippen LogP contribution is 2.45. The number of hydrogen-bond acceptors (Lipinski definition) is 15. The van der Waals surface area contributed by atoms with E-state index in [9.17, 15) is 43.2 Å². The van der Waals surface area contributed by atoms with Gasteiger partial charge in [0.05, 0.1) is 26.4 Å². The molecule has 0 heterocycles. The third-order valence-electron chi connectivity index (χ3n) is 19.8. The SMILES string of the molecule is CCCCCCCCCCCCCCCCCCCCCCC(=O)OC[C@H](COP(=O)(O)OC[C@@H](O)COP(=O)(O)OC[C@@H](COC(=O)CCCCCCCCCCCC)OC(=O)CCCCCCCCCCCCCC)OC(=O)CCCCCCCCCCCCCCCCCCCCC(C)C. The van der Waals surface area contributed by atoms with Crippen LogP contribution in [0.4, 0.5) is 0 Å². The Morgan fingerprint density at radius 1 is 0.262 bits per heavy atom. The van der Waals surface area contributed by atoms with Crippen molar-refractivity contribution in [3.63, 3.8) is 0 Å². The number of hydrogen-bond donors (Lipinski definition) is 3. The lowest BCUT2D eigenvalue weighted by Crippen LogP contribution is -2.30. The largest absolute Gasteiger partial charge is 0.472 e. The van der Waals surface area contributed by atoms with E-state index in [1.807, 2.05) is 0 Å². The first kappa shape index (κ1) is 101. The van der Waals surface area contributed by atoms with Crippen LogP contribution in [0.5, 0.6) is 0 Å². The summed E-state index contributed by atoms with van der Waals surface area (Å²) in [5.74, 6) is -1.28. The van der Waals surface area contributed by atoms with E-state index in [1.54, 1.807) is 0 Å². The number of rotatable bonds is 84. The Hall–Kier alpha value is -1.94. The average Bonchev–Trinajstić information content (AvgIpc) is 0.931. The molecule has 0 amide bonds. The predicted octanol–water partition coefficient (Wildman–Crippen LogP) is 25.6. The first-order chi connectivity index (χ1) is 50.0. The number of esters is 4. The van der Waals surface area contributed by atoms with Gasteiger partial charge in [0.25, 0.3) is 0 Å². The lowest BCUT2D eigenvalue weighted by atomic mass is 10.0. The minimum Gasteiger partial charge on any atom is -0.462 e. The summed E-state index contributed by atoms with van der Waals surface area (Å²) >= 11 is 0. The molecule has 0 aliphatic rings. The van der Waals surface area contributed by atoms with E-state index in [0.29, 0.717) is 25.7 Å². The summed E-state index contributed by atoms with van der Waals surface area (Å²) in [6.45, 7) is 7.37. The molecule has 0 spiro atoms. The Kier molecular flexibility index (Phi) is 75.4. The van der Waals surface area contributed by atoms with Crippen molar-refractivity contribution in [3.05, 3.63) is 0 Å². The van der Waals surface area contributed by atoms with Gasteiger partial charge in [-0.3, -0.25) is 37.3 Å². The standard InChI is InChI=1S/C84H164O17P2/c1-6-9-12-15-18-21-24-26-27-28-29-30-34-37-40-44-48-53-58-63-68-82(87)95-74-80(101-84(89)70-65-60-55-50-45-41-38-35-32-31-33-36-39-42-46-51-56-61-66-77(4)5)76-99-103(92,93)97-72-78(85)71-96-102(90,91)98-75-79(73-94-81(86)67-62-57-52-47-23-20-17-14-11-8-3)100-83(88)69-64-59-54-49-43-25-22-19-16-13-10-7-2/h77-80,85H,6-76H2,1-5H3,(H,90,91)(H,92,93)/t78-,79+,80+/m0/s1. The van der Waals surface area contributed by atoms with E-state index < -0.39 is 97.5 Å². The number of aliphatic hydroxyl groups is 1. The Morgan fingerprint density at radius 2 is 0.447 bits per heavy atom. The second kappa shape index (κ2) is 76.8. The number of unbranched alkanes of at least 4 members (excludes halogenated alkanes) is 56. The molecular formula is C84H164O17P2. The van der Waals surface area contributed by atoms with Gasteiger partial charge in [0, 0.05) is 25.7 Å². The molecule has 0 aromatic heterocycles. The number of ether oxygens (including phenoxy) is 4. The van der Waals surface area contributed by atoms with Crippen LogP contribution < -0.4 is 0 Å². The number of phosphoric ester groups is 2. The Morgan fingerprint density at radius 3 is 0.660 bits per heavy atom. The van der Waals surface area contributed by atoms with Crippen LogP contribution in [-0.2, 0) is 65.4 Å². The molecule has 19 heteroatoms. The van der Waals surface area contributed by atoms with E-state index >= 15 is 0 Å². The molecule has 2 unspecified atom stereocenters. The fourth-order valence-corrected chi connectivity index (χ4v) is 14.7. The zero-order valence-electron chi connectivity index (χ0n) is 67.5. The minimum absolute atomic E-state index is 0.108. The van der Waals surface area contributed by atoms with Crippen LogP contribution in [0.2, 0.25) is 0 Å². The molecular weight excluding hydrogens is 1340 g/mol. The molecule has 612 valence electrons. The Balaban J connectivity index is 5.20. The van der Waals surface area contributed by atoms with Crippen LogP contribution in [0.1, 0.15) is 452 Å². The molecule has 103 heavy (non-hydrogen) atoms. The number of aliphatic hydroxyl groups excluding tert-OH is 1. The lowest BCUT2D eigenvalue weighted by Gasteiger charge is -2.21. The fraction of sp³-hybridized carbons (Fsp3) is 0.952. The summed E-state index contributed by atoms with van der Waals surface area (Å²) in [6.07, 6.45) is 69.5. The van der Waals surface area contributed by atoms with Gasteiger partial charge < -0.3 is 33.8 Å². The van der Waals surface area contributed by atoms with Crippen molar-refractivity contribution in [3.8, 4) is 0 Å². The highest BCUT2D eigenvalue weighted by atomic mass is 31.2. The Bertz CT molecular complexity index is 1960. The van der Waals surface area contributed by atoms with Gasteiger partial charge in [-0.15, -0.1) is 0 Å². The second-order valence-corrected chi connectivity index (χ2v) is 33.6. The van der Waals surface area contributed by atoms with Gasteiger partial charge in [0.1, 0.15) is 19.3 Å². The van der Waals surface area contributed by atoms with Crippen molar-refractivity contribution in [2.75, 3.05) is 39.6 Å². The molecule has 0 aromatic carbocycles. The molecule has 0 aliphatic carbocycles. The highest BCUT2D eigenvalue weighted by molar-refractivity contribution is 7.47. The van der Waals surface area contributed by atoms with E-state index in [0.717, 1.165) is 95.8 Å². The zero-order valence-corrected chi connectivity index (χ0v) is 69.3. The smallest absolute Gasteiger partial charge is 0.462 e. The van der Waals surface area contributed by atoms with Crippen molar-refractivity contribution in [1.82, 2.24) is 0 Å². The number of carbonyl (C=O) groups excluding carboxylic acids is 4. The second-order valence-electron chi connectivity index (χ2n) is 30.7. The quantitative estimate of drug-likeness (QED) is 0.0222. The lowest BCUT2D eigenvalue weighted by molar-refractivity contribution is -0.161. The van der Waals surface area contributed by atoms with Crippen molar-refractivity contribution >= 4 is 39.5 Å². The van der Waals surface area contributed by atoms with Crippen molar-refractivity contribution in [1.29, 1.82) is 0 Å². The van der Waals surface area contributed by atoms with E-state index in [-0.39, 0.29) is 25.7 Å². The summed E-state index contributed by atoms with van der Waals surface area (Å²) in [6, 6.07) is 0. The Labute approximate surface area is 632 Å². The van der Waals surface area contributed by atoms with E-state index in [2.05, 4.69) is 34.6 Å². The monoisotopic (exact) mass is 1510 g/mol. The third-order valence-corrected chi connectivity index (χ3v) is 21.7. The molecule has 0 saturated heterocycles. The average molecular weight is 1510 g/mol. The molecule has 17 nitrogen and oxygen atoms in total. The van der Waals surface area contributed by atoms with Gasteiger partial charge in [-0.25, -0.2) is 9.13 Å². The molecule has 0 aromatic rings. The van der Waals surface area contributed by atoms with Gasteiger partial charge in [-0.2, -0.15) is 0 Å². The van der Waals surface area contributed by atoms with Gasteiger partial charge in [-0.05, 0) is 31.6 Å². The molecule has 3 N–H and O–H groups in total. The molecule has 0 rings (SSSR count). The number of phosphoric acid groups is 2. The molecule has 0 bridgehead atoms. The minimum atomic E-state index is -4.96. The topological polar surface area (TPSA) is 237 Å². The summed E-state index contributed by atoms with van der Waals surface area (Å²) in [5, 5.41) is 10.7. The first-order valence-corrected chi connectivity index (χ1v) is 46.6. The molecule has 5 atom stereocenters. The molecule has 0 saturated carbocycles. The predicted molar refractivity (Wildman–Crippen MR) is 423 cm³/mol. The van der Waals surface area contributed by atoms with E-state index in [4.69, 9.17) is 37.0 Å². The summed E-state index contributed by atoms with van der Waals surface area (Å²) < 4.78 is 68.8. The van der Waals surface area contributed by atoms with Gasteiger partial charge >= 0.3 is 39.5 Å². The molecule has 0 radical (unpaired) electrons. The maximum absolute atomic E-state index is 13.1. The zero-order chi connectivity index (χ0) is 75.5. The van der Waals surface area contributed by atoms with E-state index in [1.165, 1.54) is 276 Å². The van der Waals surface area contributed by atoms with Crippen molar-refractivity contribution in [2.24, 2.45) is 5.92 Å². The maximum Gasteiger partial charge on any atom is 0.472 e. The van der Waals surface area contributed by atoms with Crippen LogP contribution in [0.3, 0.4) is 0 Å². The van der Waals surface area contributed by atoms with Crippen LogP contribution in [-0.4, -0.2) is 96.7 Å². The van der Waals surface area contributed by atoms with Crippen LogP contribution >= 0.6 is 15.6 Å². The fourth-order valence-electron chi connectivity index (χ4n) is 13.1. The molecule has 0 aliphatic heterocycles. The summed E-state index contributed by atoms with van der Waals surface area (Å²) in [5.41, 5.74) is 0. The van der Waals surface area contributed by atoms with Crippen molar-refractivity contribution in [2.45, 2.75) is 470 Å². The number of carbonyl (C=O) groups is 4. The van der Waals surface area contributed by atoms with Crippen LogP contribution in [0.15, 0.2) is 0 Å². The summed E-state index contributed by atoms with van der Waals surface area (Å²) in [7, 11) is -9.92. The normalized spacial score (nSPS) is 13.8. The molecule has 0 fully saturated rings. The van der Waals surface area contributed by atoms with Crippen LogP contribution in [0.25, 0.3) is 0 Å². The first-order valence-electron chi connectivity index (χ1n) is 43.6. The van der Waals surface area contributed by atoms with Crippen molar-refractivity contribution < 1.29 is 80.2 Å². The maximum atomic E-state index is 13.1. The van der Waals surface area contributed by atoms with Gasteiger partial charge in [0.15, 0.2) is 12.2 Å². The van der Waals surface area contributed by atoms with Gasteiger partial charge in [0.2, 0.25) is 0 Å². The van der Waals surface area contributed by atoms with Gasteiger partial charge in [-0.1, -0.05) is 401 Å². The van der Waals surface area contributed by atoms with Crippen LogP contribution in [0, 0.1) is 5.92 Å².